The summed E-state index contributed by atoms with van der Waals surface area (Å²) < 4.78 is 53.3. The Morgan fingerprint density at radius 2 is 2.00 bits per heavy atom. The highest BCUT2D eigenvalue weighted by Crippen LogP contribution is 2.33. The first-order valence-corrected chi connectivity index (χ1v) is 6.19. The fourth-order valence-electron chi connectivity index (χ4n) is 1.61. The van der Waals surface area contributed by atoms with Crippen LogP contribution in [0.15, 0.2) is 24.4 Å². The molecule has 2 aromatic rings. The Morgan fingerprint density at radius 3 is 2.53 bits per heavy atom. The van der Waals surface area contributed by atoms with Crippen LogP contribution in [-0.4, -0.2) is 9.78 Å². The molecule has 8 heteroatoms. The molecule has 0 fully saturated rings. The summed E-state index contributed by atoms with van der Waals surface area (Å²) in [4.78, 5) is 0. The summed E-state index contributed by atoms with van der Waals surface area (Å²) in [5, 5.41) is 3.88. The number of nitrogens with two attached hydrogens (primary N) is 1. The zero-order valence-corrected chi connectivity index (χ0v) is 11.5. The van der Waals surface area contributed by atoms with Gasteiger partial charge in [-0.2, -0.15) is 18.3 Å². The second-order valence-corrected chi connectivity index (χ2v) is 5.00. The van der Waals surface area contributed by atoms with Crippen molar-refractivity contribution in [1.82, 2.24) is 9.78 Å². The van der Waals surface area contributed by atoms with Crippen molar-refractivity contribution in [2.75, 3.05) is 5.73 Å². The number of hydrogen-bond donors (Lipinski definition) is 1. The van der Waals surface area contributed by atoms with Crippen molar-refractivity contribution in [3.63, 3.8) is 0 Å². The number of rotatable bonds is 2. The lowest BCUT2D eigenvalue weighted by Gasteiger charge is -2.13. The molecule has 0 aliphatic rings. The molecule has 0 bridgehead atoms. The highest BCUT2D eigenvalue weighted by atomic mass is 127. The maximum Gasteiger partial charge on any atom is 0.416 e. The lowest BCUT2D eigenvalue weighted by Crippen LogP contribution is -2.14. The molecule has 0 aliphatic heterocycles. The second kappa shape index (κ2) is 4.99. The molecule has 0 saturated carbocycles. The number of hydrogen-bond acceptors (Lipinski definition) is 2. The molecule has 19 heavy (non-hydrogen) atoms. The van der Waals surface area contributed by atoms with E-state index in [1.165, 1.54) is 10.9 Å². The van der Waals surface area contributed by atoms with Gasteiger partial charge in [-0.25, -0.2) is 9.07 Å². The summed E-state index contributed by atoms with van der Waals surface area (Å²) in [6.45, 7) is -0.163. The van der Waals surface area contributed by atoms with Gasteiger partial charge in [0.2, 0.25) is 0 Å². The summed E-state index contributed by atoms with van der Waals surface area (Å²) in [7, 11) is 0. The van der Waals surface area contributed by atoms with E-state index in [9.17, 15) is 17.6 Å². The predicted octanol–water partition coefficient (Wildman–Crippen LogP) is 3.28. The molecule has 1 aromatic carbocycles. The number of benzene rings is 1. The van der Waals surface area contributed by atoms with Crippen LogP contribution in [-0.2, 0) is 12.7 Å². The number of nitrogen functional groups attached to an aromatic ring is 1. The second-order valence-electron chi connectivity index (χ2n) is 3.83. The Kier molecular flexibility index (Phi) is 3.70. The lowest BCUT2D eigenvalue weighted by molar-refractivity contribution is -0.138. The molecule has 2 rings (SSSR count). The van der Waals surface area contributed by atoms with Crippen molar-refractivity contribution in [2.24, 2.45) is 0 Å². The molecule has 0 aliphatic carbocycles. The van der Waals surface area contributed by atoms with Crippen LogP contribution in [0.3, 0.4) is 0 Å². The van der Waals surface area contributed by atoms with Gasteiger partial charge >= 0.3 is 6.18 Å². The molecular weight excluding hydrogens is 377 g/mol. The molecule has 0 unspecified atom stereocenters. The highest BCUT2D eigenvalue weighted by Gasteiger charge is 2.33. The molecule has 0 amide bonds. The number of anilines is 1. The van der Waals surface area contributed by atoms with Crippen LogP contribution in [0.4, 0.5) is 23.4 Å². The van der Waals surface area contributed by atoms with Gasteiger partial charge in [-0.3, -0.25) is 0 Å². The SMILES string of the molecule is Nc1c(I)cnn1Cc1ccc(F)cc1C(F)(F)F. The first kappa shape index (κ1) is 14.1. The maximum atomic E-state index is 13.0. The van der Waals surface area contributed by atoms with E-state index in [4.69, 9.17) is 5.73 Å². The van der Waals surface area contributed by atoms with Crippen molar-refractivity contribution in [3.8, 4) is 0 Å². The summed E-state index contributed by atoms with van der Waals surface area (Å²) in [5.41, 5.74) is 4.58. The molecule has 3 nitrogen and oxygen atoms in total. The predicted molar refractivity (Wildman–Crippen MR) is 69.9 cm³/mol. The molecule has 0 atom stereocenters. The minimum absolute atomic E-state index is 0.0832. The third-order valence-electron chi connectivity index (χ3n) is 2.53. The van der Waals surface area contributed by atoms with Crippen molar-refractivity contribution in [3.05, 3.63) is 44.9 Å². The number of nitrogens with zero attached hydrogens (tertiary/aromatic N) is 2. The van der Waals surface area contributed by atoms with Crippen LogP contribution in [0, 0.1) is 9.39 Å². The maximum absolute atomic E-state index is 13.0. The van der Waals surface area contributed by atoms with Gasteiger partial charge in [0.05, 0.1) is 21.9 Å². The van der Waals surface area contributed by atoms with E-state index in [1.807, 2.05) is 22.6 Å². The average Bonchev–Trinajstić information content (AvgIpc) is 2.62. The average molecular weight is 385 g/mol. The van der Waals surface area contributed by atoms with Gasteiger partial charge in [0.1, 0.15) is 11.6 Å². The van der Waals surface area contributed by atoms with E-state index in [0.29, 0.717) is 9.64 Å². The number of alkyl halides is 3. The van der Waals surface area contributed by atoms with E-state index >= 15 is 0 Å². The summed E-state index contributed by atoms with van der Waals surface area (Å²) in [6, 6.07) is 2.54. The van der Waals surface area contributed by atoms with E-state index < -0.39 is 17.6 Å². The van der Waals surface area contributed by atoms with E-state index in [0.717, 1.165) is 12.1 Å². The van der Waals surface area contributed by atoms with Crippen LogP contribution in [0.1, 0.15) is 11.1 Å². The number of aromatic nitrogens is 2. The Labute approximate surface area is 119 Å². The van der Waals surface area contributed by atoms with E-state index in [1.54, 1.807) is 0 Å². The molecule has 1 aromatic heterocycles. The standard InChI is InChI=1S/C11H8F4IN3/c12-7-2-1-6(8(3-7)11(13,14)15)5-19-10(17)9(16)4-18-19/h1-4H,5,17H2. The first-order chi connectivity index (χ1) is 8.79. The summed E-state index contributed by atoms with van der Waals surface area (Å²) >= 11 is 1.93. The third kappa shape index (κ3) is 2.99. The Balaban J connectivity index is 2.43. The van der Waals surface area contributed by atoms with Crippen LogP contribution < -0.4 is 5.73 Å². The molecule has 102 valence electrons. The largest absolute Gasteiger partial charge is 0.416 e. The van der Waals surface area contributed by atoms with Crippen LogP contribution in [0.5, 0.6) is 0 Å². The van der Waals surface area contributed by atoms with Gasteiger partial charge in [0.15, 0.2) is 0 Å². The van der Waals surface area contributed by atoms with E-state index in [2.05, 4.69) is 5.10 Å². The molecule has 0 radical (unpaired) electrons. The van der Waals surface area contributed by atoms with Crippen molar-refractivity contribution >= 4 is 28.4 Å². The van der Waals surface area contributed by atoms with Crippen molar-refractivity contribution in [1.29, 1.82) is 0 Å². The minimum Gasteiger partial charge on any atom is -0.383 e. The third-order valence-corrected chi connectivity index (χ3v) is 3.36. The molecular formula is C11H8F4IN3. The van der Waals surface area contributed by atoms with Crippen molar-refractivity contribution in [2.45, 2.75) is 12.7 Å². The van der Waals surface area contributed by atoms with Gasteiger partial charge in [-0.05, 0) is 40.3 Å². The lowest BCUT2D eigenvalue weighted by atomic mass is 10.1. The Hall–Kier alpha value is -1.32. The minimum atomic E-state index is -4.62. The van der Waals surface area contributed by atoms with Crippen molar-refractivity contribution < 1.29 is 17.6 Å². The summed E-state index contributed by atoms with van der Waals surface area (Å²) in [5.74, 6) is -0.655. The van der Waals surface area contributed by atoms with Gasteiger partial charge in [-0.1, -0.05) is 6.07 Å². The van der Waals surface area contributed by atoms with Crippen LogP contribution in [0.25, 0.3) is 0 Å². The molecule has 0 saturated heterocycles. The molecule has 2 N–H and O–H groups in total. The Morgan fingerprint density at radius 1 is 1.32 bits per heavy atom. The smallest absolute Gasteiger partial charge is 0.383 e. The normalized spacial score (nSPS) is 11.8. The van der Waals surface area contributed by atoms with Gasteiger partial charge in [0.25, 0.3) is 0 Å². The zero-order chi connectivity index (χ0) is 14.2. The zero-order valence-electron chi connectivity index (χ0n) is 9.38. The van der Waals surface area contributed by atoms with Gasteiger partial charge in [-0.15, -0.1) is 0 Å². The number of halogens is 5. The van der Waals surface area contributed by atoms with E-state index in [-0.39, 0.29) is 17.9 Å². The van der Waals surface area contributed by atoms with Crippen LogP contribution >= 0.6 is 22.6 Å². The molecule has 1 heterocycles. The monoisotopic (exact) mass is 385 g/mol. The first-order valence-electron chi connectivity index (χ1n) is 5.11. The van der Waals surface area contributed by atoms with Crippen LogP contribution in [0.2, 0.25) is 0 Å². The highest BCUT2D eigenvalue weighted by molar-refractivity contribution is 14.1. The van der Waals surface area contributed by atoms with Gasteiger partial charge < -0.3 is 5.73 Å². The van der Waals surface area contributed by atoms with Gasteiger partial charge in [0, 0.05) is 0 Å². The quantitative estimate of drug-likeness (QED) is 0.637. The topological polar surface area (TPSA) is 43.8 Å². The fraction of sp³-hybridized carbons (Fsp3) is 0.182. The molecule has 0 spiro atoms. The Bertz CT molecular complexity index is 606. The summed E-state index contributed by atoms with van der Waals surface area (Å²) in [6.07, 6.45) is -3.17. The fourth-order valence-corrected chi connectivity index (χ4v) is 2.01.